The molecule has 2 aromatic carbocycles. The van der Waals surface area contributed by atoms with E-state index in [1.807, 2.05) is 26.0 Å². The average molecular weight is 363 g/mol. The van der Waals surface area contributed by atoms with Gasteiger partial charge in [-0.1, -0.05) is 47.0 Å². The summed E-state index contributed by atoms with van der Waals surface area (Å²) < 4.78 is 4.99. The van der Waals surface area contributed by atoms with Crippen molar-refractivity contribution in [3.8, 4) is 0 Å². The van der Waals surface area contributed by atoms with Crippen LogP contribution >= 0.6 is 23.2 Å². The van der Waals surface area contributed by atoms with Crippen LogP contribution in [-0.2, 0) is 9.53 Å². The SMILES string of the molecule is Cc1ccc(C)c(C(=O)COC(=O)/C=C/c2ccc(Cl)cc2Cl)c1. The summed E-state index contributed by atoms with van der Waals surface area (Å²) >= 11 is 11.8. The van der Waals surface area contributed by atoms with E-state index in [1.54, 1.807) is 24.3 Å². The van der Waals surface area contributed by atoms with Gasteiger partial charge in [0.15, 0.2) is 6.61 Å². The first-order valence-electron chi connectivity index (χ1n) is 7.27. The van der Waals surface area contributed by atoms with Crippen LogP contribution in [0.25, 0.3) is 6.08 Å². The maximum atomic E-state index is 12.2. The number of aryl methyl sites for hydroxylation is 2. The maximum absolute atomic E-state index is 12.2. The Hall–Kier alpha value is -2.10. The second-order valence-corrected chi connectivity index (χ2v) is 6.19. The Morgan fingerprint density at radius 1 is 1.08 bits per heavy atom. The molecule has 0 spiro atoms. The molecule has 0 bridgehead atoms. The third kappa shape index (κ3) is 4.95. The zero-order valence-corrected chi connectivity index (χ0v) is 14.8. The van der Waals surface area contributed by atoms with Crippen molar-refractivity contribution in [1.29, 1.82) is 0 Å². The second kappa shape index (κ2) is 8.13. The minimum Gasteiger partial charge on any atom is -0.454 e. The largest absolute Gasteiger partial charge is 0.454 e. The minimum atomic E-state index is -0.611. The van der Waals surface area contributed by atoms with Crippen LogP contribution in [0.15, 0.2) is 42.5 Å². The fourth-order valence-corrected chi connectivity index (χ4v) is 2.56. The van der Waals surface area contributed by atoms with Gasteiger partial charge in [0, 0.05) is 21.7 Å². The molecular weight excluding hydrogens is 347 g/mol. The Bertz CT molecular complexity index is 810. The molecule has 0 fully saturated rings. The fraction of sp³-hybridized carbons (Fsp3) is 0.158. The van der Waals surface area contributed by atoms with Crippen LogP contribution in [0.4, 0.5) is 0 Å². The number of halogens is 2. The number of hydrogen-bond donors (Lipinski definition) is 0. The molecule has 24 heavy (non-hydrogen) atoms. The van der Waals surface area contributed by atoms with Gasteiger partial charge in [0.05, 0.1) is 0 Å². The van der Waals surface area contributed by atoms with Crippen molar-refractivity contribution in [2.75, 3.05) is 6.61 Å². The summed E-state index contributed by atoms with van der Waals surface area (Å²) in [6, 6.07) is 10.5. The van der Waals surface area contributed by atoms with E-state index in [1.165, 1.54) is 12.2 Å². The molecule has 5 heteroatoms. The lowest BCUT2D eigenvalue weighted by atomic mass is 10.0. The van der Waals surface area contributed by atoms with Gasteiger partial charge < -0.3 is 4.74 Å². The number of ketones is 1. The summed E-state index contributed by atoms with van der Waals surface area (Å²) in [6.45, 7) is 3.44. The van der Waals surface area contributed by atoms with Gasteiger partial charge in [-0.05, 0) is 49.2 Å². The molecule has 0 aromatic heterocycles. The zero-order valence-electron chi connectivity index (χ0n) is 13.3. The molecule has 0 aliphatic rings. The highest BCUT2D eigenvalue weighted by atomic mass is 35.5. The summed E-state index contributed by atoms with van der Waals surface area (Å²) in [5.41, 5.74) is 3.03. The van der Waals surface area contributed by atoms with Gasteiger partial charge >= 0.3 is 5.97 Å². The molecular formula is C19H16Cl2O3. The van der Waals surface area contributed by atoms with Crippen LogP contribution in [0.1, 0.15) is 27.0 Å². The lowest BCUT2D eigenvalue weighted by Gasteiger charge is -2.06. The number of benzene rings is 2. The molecule has 124 valence electrons. The van der Waals surface area contributed by atoms with Gasteiger partial charge in [-0.3, -0.25) is 4.79 Å². The summed E-state index contributed by atoms with van der Waals surface area (Å²) in [4.78, 5) is 23.9. The molecule has 3 nitrogen and oxygen atoms in total. The second-order valence-electron chi connectivity index (χ2n) is 5.35. The lowest BCUT2D eigenvalue weighted by molar-refractivity contribution is -0.136. The van der Waals surface area contributed by atoms with E-state index >= 15 is 0 Å². The smallest absolute Gasteiger partial charge is 0.331 e. The Morgan fingerprint density at radius 2 is 1.83 bits per heavy atom. The first-order chi connectivity index (χ1) is 11.4. The van der Waals surface area contributed by atoms with Crippen LogP contribution in [0.3, 0.4) is 0 Å². The van der Waals surface area contributed by atoms with Crippen molar-refractivity contribution < 1.29 is 14.3 Å². The normalized spacial score (nSPS) is 10.8. The van der Waals surface area contributed by atoms with E-state index in [4.69, 9.17) is 27.9 Å². The van der Waals surface area contributed by atoms with Gasteiger partial charge in [0.2, 0.25) is 5.78 Å². The van der Waals surface area contributed by atoms with Crippen molar-refractivity contribution in [1.82, 2.24) is 0 Å². The van der Waals surface area contributed by atoms with Gasteiger partial charge in [0.25, 0.3) is 0 Å². The number of hydrogen-bond acceptors (Lipinski definition) is 3. The van der Waals surface area contributed by atoms with Crippen molar-refractivity contribution in [2.24, 2.45) is 0 Å². The molecule has 0 heterocycles. The topological polar surface area (TPSA) is 43.4 Å². The van der Waals surface area contributed by atoms with E-state index < -0.39 is 5.97 Å². The number of rotatable bonds is 5. The van der Waals surface area contributed by atoms with Crippen molar-refractivity contribution in [2.45, 2.75) is 13.8 Å². The molecule has 0 radical (unpaired) electrons. The predicted octanol–water partition coefficient (Wildman–Crippen LogP) is 5.05. The van der Waals surface area contributed by atoms with Gasteiger partial charge in [-0.15, -0.1) is 0 Å². The number of carbonyl (C=O) groups excluding carboxylic acids is 2. The standard InChI is InChI=1S/C19H16Cl2O3/c1-12-3-4-13(2)16(9-12)18(22)11-24-19(23)8-6-14-5-7-15(20)10-17(14)21/h3-10H,11H2,1-2H3/b8-6+. The van der Waals surface area contributed by atoms with E-state index in [-0.39, 0.29) is 12.4 Å². The monoisotopic (exact) mass is 362 g/mol. The van der Waals surface area contributed by atoms with E-state index in [0.717, 1.165) is 11.1 Å². The van der Waals surface area contributed by atoms with Gasteiger partial charge in [0.1, 0.15) is 0 Å². The first kappa shape index (κ1) is 18.2. The van der Waals surface area contributed by atoms with Crippen LogP contribution in [0, 0.1) is 13.8 Å². The maximum Gasteiger partial charge on any atom is 0.331 e. The van der Waals surface area contributed by atoms with Crippen molar-refractivity contribution in [3.63, 3.8) is 0 Å². The highest BCUT2D eigenvalue weighted by molar-refractivity contribution is 6.35. The Morgan fingerprint density at radius 3 is 2.54 bits per heavy atom. The predicted molar refractivity (Wildman–Crippen MR) is 96.7 cm³/mol. The third-order valence-electron chi connectivity index (χ3n) is 3.40. The third-order valence-corrected chi connectivity index (χ3v) is 3.96. The molecule has 0 amide bonds. The van der Waals surface area contributed by atoms with E-state index in [9.17, 15) is 9.59 Å². The number of Topliss-reactive ketones (excluding diaryl/α,β-unsaturated/α-hetero) is 1. The first-order valence-corrected chi connectivity index (χ1v) is 8.03. The Balaban J connectivity index is 1.96. The average Bonchev–Trinajstić information content (AvgIpc) is 2.54. The van der Waals surface area contributed by atoms with Crippen LogP contribution < -0.4 is 0 Å². The molecule has 0 saturated heterocycles. The van der Waals surface area contributed by atoms with Crippen molar-refractivity contribution >= 4 is 41.0 Å². The number of esters is 1. The summed E-state index contributed by atoms with van der Waals surface area (Å²) in [6.07, 6.45) is 2.74. The number of ether oxygens (including phenoxy) is 1. The zero-order chi connectivity index (χ0) is 17.7. The van der Waals surface area contributed by atoms with Crippen molar-refractivity contribution in [3.05, 3.63) is 74.8 Å². The molecule has 0 saturated carbocycles. The summed E-state index contributed by atoms with van der Waals surface area (Å²) in [7, 11) is 0. The molecule has 2 aromatic rings. The van der Waals surface area contributed by atoms with E-state index in [0.29, 0.717) is 21.2 Å². The Labute approximate surface area is 150 Å². The van der Waals surface area contributed by atoms with Crippen LogP contribution in [0.5, 0.6) is 0 Å². The fourth-order valence-electron chi connectivity index (χ4n) is 2.09. The molecule has 0 aliphatic carbocycles. The van der Waals surface area contributed by atoms with Gasteiger partial charge in [-0.25, -0.2) is 4.79 Å². The van der Waals surface area contributed by atoms with Crippen LogP contribution in [-0.4, -0.2) is 18.4 Å². The molecule has 0 aliphatic heterocycles. The molecule has 0 unspecified atom stereocenters. The lowest BCUT2D eigenvalue weighted by Crippen LogP contribution is -2.13. The van der Waals surface area contributed by atoms with Crippen LogP contribution in [0.2, 0.25) is 10.0 Å². The molecule has 0 atom stereocenters. The summed E-state index contributed by atoms with van der Waals surface area (Å²) in [5, 5.41) is 0.942. The molecule has 0 N–H and O–H groups in total. The minimum absolute atomic E-state index is 0.234. The highest BCUT2D eigenvalue weighted by Crippen LogP contribution is 2.22. The quantitative estimate of drug-likeness (QED) is 0.424. The van der Waals surface area contributed by atoms with E-state index in [2.05, 4.69) is 0 Å². The Kier molecular flexibility index (Phi) is 6.18. The highest BCUT2D eigenvalue weighted by Gasteiger charge is 2.11. The number of carbonyl (C=O) groups is 2. The summed E-state index contributed by atoms with van der Waals surface area (Å²) in [5.74, 6) is -0.845. The van der Waals surface area contributed by atoms with Gasteiger partial charge in [-0.2, -0.15) is 0 Å². The molecule has 2 rings (SSSR count).